The summed E-state index contributed by atoms with van der Waals surface area (Å²) < 4.78 is 5.78. The number of aryl methyl sites for hydroxylation is 1. The molecule has 1 N–H and O–H groups in total. The summed E-state index contributed by atoms with van der Waals surface area (Å²) in [6.45, 7) is 3.88. The Kier molecular flexibility index (Phi) is 5.12. The molecular formula is C16H24N2O2. The van der Waals surface area contributed by atoms with Gasteiger partial charge in [-0.15, -0.1) is 0 Å². The number of hydrogen-bond acceptors (Lipinski definition) is 4. The second kappa shape index (κ2) is 6.84. The lowest BCUT2D eigenvalue weighted by Crippen LogP contribution is -2.45. The van der Waals surface area contributed by atoms with Gasteiger partial charge < -0.3 is 10.1 Å². The van der Waals surface area contributed by atoms with Crippen molar-refractivity contribution < 1.29 is 9.53 Å². The second-order valence-corrected chi connectivity index (χ2v) is 5.82. The van der Waals surface area contributed by atoms with E-state index in [-0.39, 0.29) is 12.0 Å². The van der Waals surface area contributed by atoms with Crippen LogP contribution >= 0.6 is 0 Å². The van der Waals surface area contributed by atoms with Crippen molar-refractivity contribution in [1.29, 1.82) is 0 Å². The predicted molar refractivity (Wildman–Crippen MR) is 78.9 cm³/mol. The quantitative estimate of drug-likeness (QED) is 0.830. The molecule has 1 heterocycles. The van der Waals surface area contributed by atoms with Crippen LogP contribution < -0.4 is 10.1 Å². The molecule has 2 rings (SSSR count). The number of carbonyl (C=O) groups excluding carboxylic acids is 1. The Balaban J connectivity index is 1.77. The molecule has 0 aromatic carbocycles. The Hall–Kier alpha value is -1.42. The predicted octanol–water partition coefficient (Wildman–Crippen LogP) is 2.37. The first kappa shape index (κ1) is 15.0. The number of aromatic nitrogens is 1. The third-order valence-electron chi connectivity index (χ3n) is 3.89. The molecule has 110 valence electrons. The average molecular weight is 276 g/mol. The van der Waals surface area contributed by atoms with Gasteiger partial charge in [0.05, 0.1) is 0 Å². The molecule has 0 radical (unpaired) electrons. The van der Waals surface area contributed by atoms with Crippen molar-refractivity contribution in [3.8, 4) is 5.88 Å². The van der Waals surface area contributed by atoms with Crippen LogP contribution in [0.15, 0.2) is 18.3 Å². The van der Waals surface area contributed by atoms with E-state index < -0.39 is 0 Å². The summed E-state index contributed by atoms with van der Waals surface area (Å²) in [5.74, 6) is 1.10. The van der Waals surface area contributed by atoms with E-state index in [0.29, 0.717) is 24.1 Å². The number of nitrogens with zero attached hydrogens (tertiary/aromatic N) is 1. The number of rotatable bonds is 7. The third-order valence-corrected chi connectivity index (χ3v) is 3.89. The summed E-state index contributed by atoms with van der Waals surface area (Å²) in [5, 5.41) is 3.23. The molecule has 0 atom stereocenters. The topological polar surface area (TPSA) is 51.2 Å². The van der Waals surface area contributed by atoms with Crippen molar-refractivity contribution >= 4 is 5.78 Å². The van der Waals surface area contributed by atoms with Crippen molar-refractivity contribution in [1.82, 2.24) is 10.3 Å². The summed E-state index contributed by atoms with van der Waals surface area (Å²) >= 11 is 0. The highest BCUT2D eigenvalue weighted by Gasteiger charge is 2.29. The van der Waals surface area contributed by atoms with Crippen molar-refractivity contribution in [3.63, 3.8) is 0 Å². The highest BCUT2D eigenvalue weighted by Crippen LogP contribution is 2.24. The zero-order chi connectivity index (χ0) is 14.5. The van der Waals surface area contributed by atoms with E-state index in [4.69, 9.17) is 4.74 Å². The van der Waals surface area contributed by atoms with Crippen molar-refractivity contribution in [2.75, 3.05) is 7.05 Å². The normalized spacial score (nSPS) is 21.6. The van der Waals surface area contributed by atoms with Crippen LogP contribution in [0.4, 0.5) is 0 Å². The molecule has 0 aliphatic heterocycles. The maximum atomic E-state index is 11.6. The van der Waals surface area contributed by atoms with Gasteiger partial charge in [-0.3, -0.25) is 4.79 Å². The summed E-state index contributed by atoms with van der Waals surface area (Å²) in [7, 11) is 1.98. The lowest BCUT2D eigenvalue weighted by atomic mass is 9.89. The van der Waals surface area contributed by atoms with Gasteiger partial charge in [0.2, 0.25) is 5.88 Å². The first-order valence-electron chi connectivity index (χ1n) is 7.40. The van der Waals surface area contributed by atoms with Gasteiger partial charge >= 0.3 is 0 Å². The summed E-state index contributed by atoms with van der Waals surface area (Å²) in [6.07, 6.45) is 5.54. The van der Waals surface area contributed by atoms with E-state index in [1.165, 1.54) is 0 Å². The molecule has 1 fully saturated rings. The smallest absolute Gasteiger partial charge is 0.213 e. The number of hydrogen-bond donors (Lipinski definition) is 1. The zero-order valence-electron chi connectivity index (χ0n) is 12.6. The Morgan fingerprint density at radius 2 is 2.20 bits per heavy atom. The van der Waals surface area contributed by atoms with Crippen LogP contribution in [0.25, 0.3) is 0 Å². The van der Waals surface area contributed by atoms with Crippen LogP contribution in [0.3, 0.4) is 0 Å². The van der Waals surface area contributed by atoms with Gasteiger partial charge in [0.15, 0.2) is 0 Å². The van der Waals surface area contributed by atoms with Gasteiger partial charge in [0.25, 0.3) is 0 Å². The molecule has 1 aromatic heterocycles. The van der Waals surface area contributed by atoms with E-state index in [9.17, 15) is 4.79 Å². The maximum absolute atomic E-state index is 11.6. The first-order chi connectivity index (χ1) is 9.58. The lowest BCUT2D eigenvalue weighted by Gasteiger charge is -2.34. The largest absolute Gasteiger partial charge is 0.474 e. The molecule has 0 amide bonds. The van der Waals surface area contributed by atoms with Crippen LogP contribution in [-0.2, 0) is 11.2 Å². The molecule has 1 aromatic rings. The summed E-state index contributed by atoms with van der Waals surface area (Å²) in [6, 6.07) is 4.49. The van der Waals surface area contributed by atoms with Crippen LogP contribution in [0.1, 0.15) is 38.7 Å². The molecule has 0 bridgehead atoms. The van der Waals surface area contributed by atoms with Crippen LogP contribution in [0, 0.1) is 5.92 Å². The third kappa shape index (κ3) is 4.04. The Bertz CT molecular complexity index is 436. The minimum Gasteiger partial charge on any atom is -0.474 e. The number of carbonyl (C=O) groups is 1. The minimum atomic E-state index is 0.115. The number of ketones is 1. The van der Waals surface area contributed by atoms with E-state index in [0.717, 1.165) is 24.8 Å². The summed E-state index contributed by atoms with van der Waals surface area (Å²) in [4.78, 5) is 15.9. The molecule has 0 saturated heterocycles. The van der Waals surface area contributed by atoms with Crippen LogP contribution in [0.5, 0.6) is 5.88 Å². The molecule has 20 heavy (non-hydrogen) atoms. The number of Topliss-reactive ketones (excluding diaryl/α,β-unsaturated/α-hetero) is 1. The van der Waals surface area contributed by atoms with Crippen molar-refractivity contribution in [2.24, 2.45) is 5.92 Å². The average Bonchev–Trinajstić information content (AvgIpc) is 2.40. The highest BCUT2D eigenvalue weighted by molar-refractivity contribution is 5.80. The van der Waals surface area contributed by atoms with E-state index >= 15 is 0 Å². The van der Waals surface area contributed by atoms with Gasteiger partial charge in [-0.25, -0.2) is 4.98 Å². The van der Waals surface area contributed by atoms with Gasteiger partial charge in [0.1, 0.15) is 11.9 Å². The number of pyridine rings is 1. The maximum Gasteiger partial charge on any atom is 0.213 e. The van der Waals surface area contributed by atoms with Crippen molar-refractivity contribution in [3.05, 3.63) is 23.9 Å². The fourth-order valence-electron chi connectivity index (χ4n) is 2.25. The number of ether oxygens (including phenoxy) is 1. The second-order valence-electron chi connectivity index (χ2n) is 5.82. The fourth-order valence-corrected chi connectivity index (χ4v) is 2.25. The number of nitrogens with one attached hydrogen (secondary N) is 1. The Morgan fingerprint density at radius 3 is 2.75 bits per heavy atom. The lowest BCUT2D eigenvalue weighted by molar-refractivity contribution is -0.121. The van der Waals surface area contributed by atoms with E-state index in [1.54, 1.807) is 0 Å². The molecule has 1 aliphatic carbocycles. The molecule has 0 spiro atoms. The molecule has 4 nitrogen and oxygen atoms in total. The molecule has 0 unspecified atom stereocenters. The molecule has 1 saturated carbocycles. The fraction of sp³-hybridized carbons (Fsp3) is 0.625. The van der Waals surface area contributed by atoms with Crippen LogP contribution in [0.2, 0.25) is 0 Å². The first-order valence-corrected chi connectivity index (χ1v) is 7.40. The summed E-state index contributed by atoms with van der Waals surface area (Å²) in [5.41, 5.74) is 1.09. The van der Waals surface area contributed by atoms with Gasteiger partial charge in [-0.2, -0.15) is 0 Å². The van der Waals surface area contributed by atoms with Crippen LogP contribution in [-0.4, -0.2) is 30.0 Å². The molecular weight excluding hydrogens is 252 g/mol. The van der Waals surface area contributed by atoms with Gasteiger partial charge in [-0.05, 0) is 31.9 Å². The van der Waals surface area contributed by atoms with E-state index in [1.807, 2.05) is 39.2 Å². The Morgan fingerprint density at radius 1 is 1.45 bits per heavy atom. The highest BCUT2D eigenvalue weighted by atomic mass is 16.5. The van der Waals surface area contributed by atoms with Gasteiger partial charge in [0, 0.05) is 30.6 Å². The zero-order valence-corrected chi connectivity index (χ0v) is 12.6. The standard InChI is InChI=1S/C16H24N2O2/c1-11(2)15(19)6-4-12-5-7-16(18-10-12)20-14-8-13(9-14)17-3/h5,7,10-11,13-14,17H,4,6,8-9H2,1-3H3. The SMILES string of the molecule is CNC1CC(Oc2ccc(CCC(=O)C(C)C)cn2)C1. The van der Waals surface area contributed by atoms with Crippen molar-refractivity contribution in [2.45, 2.75) is 51.7 Å². The molecule has 1 aliphatic rings. The minimum absolute atomic E-state index is 0.115. The van der Waals surface area contributed by atoms with Gasteiger partial charge in [-0.1, -0.05) is 19.9 Å². The molecule has 4 heteroatoms. The Labute approximate surface area is 120 Å². The monoisotopic (exact) mass is 276 g/mol. The van der Waals surface area contributed by atoms with E-state index in [2.05, 4.69) is 10.3 Å².